The monoisotopic (exact) mass is 275 g/mol. The number of rotatable bonds is 5. The summed E-state index contributed by atoms with van der Waals surface area (Å²) in [4.78, 5) is 10.0. The Morgan fingerprint density at radius 1 is 1.53 bits per heavy atom. The summed E-state index contributed by atoms with van der Waals surface area (Å²) in [5.74, 6) is 0. The molecule has 6 heteroatoms. The van der Waals surface area contributed by atoms with Gasteiger partial charge in [0.25, 0.3) is 5.69 Å². The number of aliphatic hydroxyl groups is 1. The molecule has 82 valence electrons. The predicted octanol–water partition coefficient (Wildman–Crippen LogP) is 1.87. The van der Waals surface area contributed by atoms with E-state index in [-0.39, 0.29) is 25.5 Å². The first-order chi connectivity index (χ1) is 7.15. The van der Waals surface area contributed by atoms with Crippen molar-refractivity contribution in [1.82, 2.24) is 0 Å². The summed E-state index contributed by atoms with van der Waals surface area (Å²) in [6.07, 6.45) is 0. The SMILES string of the molecule is O=[N+]([O-])c1ccc(Br)c(COCCO)c1. The highest BCUT2D eigenvalue weighted by Gasteiger charge is 2.09. The molecule has 0 fully saturated rings. The fourth-order valence-electron chi connectivity index (χ4n) is 1.03. The average Bonchev–Trinajstić information content (AvgIpc) is 2.20. The van der Waals surface area contributed by atoms with E-state index in [4.69, 9.17) is 9.84 Å². The molecule has 1 aromatic carbocycles. The van der Waals surface area contributed by atoms with Crippen molar-refractivity contribution in [1.29, 1.82) is 0 Å². The third-order valence-electron chi connectivity index (χ3n) is 1.73. The van der Waals surface area contributed by atoms with Crippen molar-refractivity contribution in [3.8, 4) is 0 Å². The molecule has 0 aliphatic carbocycles. The molecule has 0 saturated heterocycles. The summed E-state index contributed by atoms with van der Waals surface area (Å²) in [5, 5.41) is 19.0. The minimum Gasteiger partial charge on any atom is -0.394 e. The van der Waals surface area contributed by atoms with Crippen molar-refractivity contribution in [2.75, 3.05) is 13.2 Å². The fourth-order valence-corrected chi connectivity index (χ4v) is 1.39. The molecule has 0 unspecified atom stereocenters. The number of aliphatic hydroxyl groups excluding tert-OH is 1. The van der Waals surface area contributed by atoms with Gasteiger partial charge >= 0.3 is 0 Å². The highest BCUT2D eigenvalue weighted by molar-refractivity contribution is 9.10. The lowest BCUT2D eigenvalue weighted by molar-refractivity contribution is -0.385. The van der Waals surface area contributed by atoms with Crippen LogP contribution in [0.5, 0.6) is 0 Å². The Balaban J connectivity index is 2.76. The topological polar surface area (TPSA) is 72.6 Å². The van der Waals surface area contributed by atoms with Crippen LogP contribution < -0.4 is 0 Å². The van der Waals surface area contributed by atoms with Crippen molar-refractivity contribution >= 4 is 21.6 Å². The van der Waals surface area contributed by atoms with Crippen molar-refractivity contribution in [3.05, 3.63) is 38.3 Å². The Morgan fingerprint density at radius 2 is 2.27 bits per heavy atom. The molecule has 0 aromatic heterocycles. The van der Waals surface area contributed by atoms with Crippen molar-refractivity contribution in [2.24, 2.45) is 0 Å². The van der Waals surface area contributed by atoms with Crippen LogP contribution in [0.3, 0.4) is 0 Å². The van der Waals surface area contributed by atoms with Crippen molar-refractivity contribution in [2.45, 2.75) is 6.61 Å². The molecule has 0 radical (unpaired) electrons. The van der Waals surface area contributed by atoms with Crippen LogP contribution in [-0.4, -0.2) is 23.2 Å². The first-order valence-electron chi connectivity index (χ1n) is 4.26. The number of nitro groups is 1. The van der Waals surface area contributed by atoms with E-state index >= 15 is 0 Å². The summed E-state index contributed by atoms with van der Waals surface area (Å²) >= 11 is 3.27. The van der Waals surface area contributed by atoms with E-state index in [9.17, 15) is 10.1 Å². The van der Waals surface area contributed by atoms with Crippen molar-refractivity contribution < 1.29 is 14.8 Å². The summed E-state index contributed by atoms with van der Waals surface area (Å²) in [6, 6.07) is 4.47. The van der Waals surface area contributed by atoms with Crippen LogP contribution in [0.2, 0.25) is 0 Å². The third-order valence-corrected chi connectivity index (χ3v) is 2.51. The molecule has 1 N–H and O–H groups in total. The zero-order valence-electron chi connectivity index (χ0n) is 7.85. The zero-order chi connectivity index (χ0) is 11.3. The van der Waals surface area contributed by atoms with E-state index in [1.54, 1.807) is 6.07 Å². The molecular weight excluding hydrogens is 266 g/mol. The Labute approximate surface area is 95.0 Å². The van der Waals surface area contributed by atoms with Gasteiger partial charge in [-0.1, -0.05) is 15.9 Å². The molecule has 0 saturated carbocycles. The number of hydrogen-bond acceptors (Lipinski definition) is 4. The molecule has 0 aliphatic heterocycles. The Bertz CT molecular complexity index is 356. The maximum atomic E-state index is 10.5. The van der Waals surface area contributed by atoms with E-state index < -0.39 is 4.92 Å². The van der Waals surface area contributed by atoms with Gasteiger partial charge in [0, 0.05) is 16.6 Å². The van der Waals surface area contributed by atoms with Crippen LogP contribution in [-0.2, 0) is 11.3 Å². The van der Waals surface area contributed by atoms with Gasteiger partial charge in [0.1, 0.15) is 0 Å². The van der Waals surface area contributed by atoms with Crippen LogP contribution in [0.15, 0.2) is 22.7 Å². The second kappa shape index (κ2) is 5.79. The second-order valence-electron chi connectivity index (χ2n) is 2.81. The maximum absolute atomic E-state index is 10.5. The molecule has 5 nitrogen and oxygen atoms in total. The van der Waals surface area contributed by atoms with Gasteiger partial charge in [0.05, 0.1) is 24.7 Å². The third kappa shape index (κ3) is 3.58. The lowest BCUT2D eigenvalue weighted by atomic mass is 10.2. The molecule has 0 amide bonds. The number of nitro benzene ring substituents is 1. The van der Waals surface area contributed by atoms with Gasteiger partial charge in [-0.05, 0) is 11.6 Å². The number of benzene rings is 1. The molecule has 1 rings (SSSR count). The molecule has 15 heavy (non-hydrogen) atoms. The molecule has 0 bridgehead atoms. The standard InChI is InChI=1S/C9H10BrNO4/c10-9-2-1-8(11(13)14)5-7(9)6-15-4-3-12/h1-2,5,12H,3-4,6H2. The molecule has 1 aromatic rings. The Kier molecular flexibility index (Phi) is 4.67. The number of nitrogens with zero attached hydrogens (tertiary/aromatic N) is 1. The zero-order valence-corrected chi connectivity index (χ0v) is 9.44. The first-order valence-corrected chi connectivity index (χ1v) is 5.06. The van der Waals surface area contributed by atoms with Gasteiger partial charge in [-0.15, -0.1) is 0 Å². The van der Waals surface area contributed by atoms with Crippen LogP contribution in [0.4, 0.5) is 5.69 Å². The highest BCUT2D eigenvalue weighted by atomic mass is 79.9. The Hall–Kier alpha value is -0.980. The minimum absolute atomic E-state index is 0.0285. The number of ether oxygens (including phenoxy) is 1. The molecule has 0 aliphatic rings. The lowest BCUT2D eigenvalue weighted by Crippen LogP contribution is -2.00. The van der Waals surface area contributed by atoms with E-state index in [1.165, 1.54) is 12.1 Å². The average molecular weight is 276 g/mol. The van der Waals surface area contributed by atoms with E-state index in [2.05, 4.69) is 15.9 Å². The number of non-ortho nitro benzene ring substituents is 1. The van der Waals surface area contributed by atoms with Gasteiger partial charge < -0.3 is 9.84 Å². The van der Waals surface area contributed by atoms with Gasteiger partial charge in [0.15, 0.2) is 0 Å². The van der Waals surface area contributed by atoms with Crippen LogP contribution in [0.25, 0.3) is 0 Å². The lowest BCUT2D eigenvalue weighted by Gasteiger charge is -2.04. The van der Waals surface area contributed by atoms with Crippen molar-refractivity contribution in [3.63, 3.8) is 0 Å². The second-order valence-corrected chi connectivity index (χ2v) is 3.66. The highest BCUT2D eigenvalue weighted by Crippen LogP contribution is 2.23. The smallest absolute Gasteiger partial charge is 0.269 e. The predicted molar refractivity (Wildman–Crippen MR) is 57.5 cm³/mol. The minimum atomic E-state index is -0.456. The van der Waals surface area contributed by atoms with E-state index in [1.807, 2.05) is 0 Å². The van der Waals surface area contributed by atoms with Gasteiger partial charge in [-0.3, -0.25) is 10.1 Å². The summed E-state index contributed by atoms with van der Waals surface area (Å²) in [7, 11) is 0. The van der Waals surface area contributed by atoms with Crippen LogP contribution in [0.1, 0.15) is 5.56 Å². The molecule has 0 spiro atoms. The largest absolute Gasteiger partial charge is 0.394 e. The summed E-state index contributed by atoms with van der Waals surface area (Å²) < 4.78 is 5.84. The normalized spacial score (nSPS) is 10.3. The van der Waals surface area contributed by atoms with Gasteiger partial charge in [0.2, 0.25) is 0 Å². The number of hydrogen-bond donors (Lipinski definition) is 1. The fraction of sp³-hybridized carbons (Fsp3) is 0.333. The Morgan fingerprint density at radius 3 is 2.87 bits per heavy atom. The van der Waals surface area contributed by atoms with Crippen LogP contribution >= 0.6 is 15.9 Å². The molecule has 0 heterocycles. The van der Waals surface area contributed by atoms with E-state index in [0.717, 1.165) is 4.47 Å². The summed E-state index contributed by atoms with van der Waals surface area (Å²) in [5.41, 5.74) is 0.721. The molecule has 0 atom stereocenters. The van der Waals surface area contributed by atoms with Gasteiger partial charge in [-0.25, -0.2) is 0 Å². The van der Waals surface area contributed by atoms with E-state index in [0.29, 0.717) is 5.56 Å². The maximum Gasteiger partial charge on any atom is 0.269 e. The first kappa shape index (κ1) is 12.1. The number of halogens is 1. The van der Waals surface area contributed by atoms with Gasteiger partial charge in [-0.2, -0.15) is 0 Å². The van der Waals surface area contributed by atoms with Crippen LogP contribution in [0, 0.1) is 10.1 Å². The summed E-state index contributed by atoms with van der Waals surface area (Å²) in [6.45, 7) is 0.393. The molecular formula is C9H10BrNO4. The quantitative estimate of drug-likeness (QED) is 0.506.